The van der Waals surface area contributed by atoms with E-state index in [-0.39, 0.29) is 11.9 Å². The quantitative estimate of drug-likeness (QED) is 0.756. The third kappa shape index (κ3) is 2.83. The average Bonchev–Trinajstić information content (AvgIpc) is 3.09. The van der Waals surface area contributed by atoms with Crippen LogP contribution in [0.25, 0.3) is 11.0 Å². The number of hydrogen-bond acceptors (Lipinski definition) is 4. The lowest BCUT2D eigenvalue weighted by atomic mass is 9.92. The van der Waals surface area contributed by atoms with Gasteiger partial charge < -0.3 is 10.0 Å². The molecule has 1 amide bonds. The van der Waals surface area contributed by atoms with Gasteiger partial charge in [-0.2, -0.15) is 5.10 Å². The van der Waals surface area contributed by atoms with Crippen molar-refractivity contribution in [2.75, 3.05) is 6.54 Å². The van der Waals surface area contributed by atoms with Crippen molar-refractivity contribution in [1.82, 2.24) is 19.7 Å². The number of hydrogen-bond donors (Lipinski definition) is 1. The number of amides is 1. The predicted octanol–water partition coefficient (Wildman–Crippen LogP) is 3.14. The van der Waals surface area contributed by atoms with E-state index in [4.69, 9.17) is 0 Å². The van der Waals surface area contributed by atoms with E-state index in [1.54, 1.807) is 23.0 Å². The van der Waals surface area contributed by atoms with Crippen LogP contribution in [0.3, 0.4) is 0 Å². The van der Waals surface area contributed by atoms with Crippen molar-refractivity contribution in [3.63, 3.8) is 0 Å². The standard InChI is InChI=1S/C21H22N4O3/c1-12(2)25-19-17(11-22-25)16(10-13(3)23-19)20(26)24-9-8-14-6-4-5-7-15(14)18(24)21(27)28/h4-7,10-12,18H,8-9H2,1-3H3,(H,27,28). The Kier molecular flexibility index (Phi) is 4.37. The van der Waals surface area contributed by atoms with Crippen molar-refractivity contribution in [3.8, 4) is 0 Å². The zero-order chi connectivity index (χ0) is 20.0. The predicted molar refractivity (Wildman–Crippen MR) is 104 cm³/mol. The Morgan fingerprint density at radius 1 is 1.25 bits per heavy atom. The molecule has 0 saturated carbocycles. The number of rotatable bonds is 3. The van der Waals surface area contributed by atoms with E-state index in [2.05, 4.69) is 10.1 Å². The first-order chi connectivity index (χ1) is 13.4. The minimum Gasteiger partial charge on any atom is -0.479 e. The summed E-state index contributed by atoms with van der Waals surface area (Å²) in [5.41, 5.74) is 3.43. The molecule has 1 unspecified atom stereocenters. The first kappa shape index (κ1) is 18.2. The van der Waals surface area contributed by atoms with E-state index in [1.807, 2.05) is 39.0 Å². The van der Waals surface area contributed by atoms with Crippen LogP contribution < -0.4 is 0 Å². The van der Waals surface area contributed by atoms with Crippen LogP contribution in [0.1, 0.15) is 53.1 Å². The van der Waals surface area contributed by atoms with Gasteiger partial charge in [0.15, 0.2) is 11.7 Å². The van der Waals surface area contributed by atoms with Crippen LogP contribution in [0.5, 0.6) is 0 Å². The first-order valence-corrected chi connectivity index (χ1v) is 9.35. The van der Waals surface area contributed by atoms with Crippen molar-refractivity contribution in [2.45, 2.75) is 39.3 Å². The van der Waals surface area contributed by atoms with E-state index in [9.17, 15) is 14.7 Å². The van der Waals surface area contributed by atoms with Gasteiger partial charge in [-0.1, -0.05) is 24.3 Å². The largest absolute Gasteiger partial charge is 0.479 e. The molecule has 3 aromatic rings. The molecule has 1 atom stereocenters. The number of nitrogens with zero attached hydrogens (tertiary/aromatic N) is 4. The highest BCUT2D eigenvalue weighted by atomic mass is 16.4. The van der Waals surface area contributed by atoms with Gasteiger partial charge in [-0.3, -0.25) is 4.79 Å². The summed E-state index contributed by atoms with van der Waals surface area (Å²) in [5.74, 6) is -1.33. The summed E-state index contributed by atoms with van der Waals surface area (Å²) in [4.78, 5) is 31.5. The molecule has 0 fully saturated rings. The minimum atomic E-state index is -1.03. The van der Waals surface area contributed by atoms with Gasteiger partial charge in [0.25, 0.3) is 5.91 Å². The van der Waals surface area contributed by atoms with Gasteiger partial charge >= 0.3 is 5.97 Å². The summed E-state index contributed by atoms with van der Waals surface area (Å²) < 4.78 is 1.78. The number of pyridine rings is 1. The molecule has 0 bridgehead atoms. The van der Waals surface area contributed by atoms with E-state index in [0.29, 0.717) is 40.8 Å². The number of carboxylic acid groups (broad SMARTS) is 1. The van der Waals surface area contributed by atoms with Crippen molar-refractivity contribution >= 4 is 22.9 Å². The van der Waals surface area contributed by atoms with Crippen LogP contribution in [-0.2, 0) is 11.2 Å². The van der Waals surface area contributed by atoms with Crippen molar-refractivity contribution < 1.29 is 14.7 Å². The molecule has 1 aliphatic rings. The number of carbonyl (C=O) groups excluding carboxylic acids is 1. The highest BCUT2D eigenvalue weighted by molar-refractivity contribution is 6.06. The van der Waals surface area contributed by atoms with Gasteiger partial charge in [0.05, 0.1) is 17.1 Å². The zero-order valence-electron chi connectivity index (χ0n) is 16.1. The lowest BCUT2D eigenvalue weighted by Crippen LogP contribution is -2.43. The highest BCUT2D eigenvalue weighted by Crippen LogP contribution is 2.32. The van der Waals surface area contributed by atoms with Gasteiger partial charge in [0.2, 0.25) is 0 Å². The summed E-state index contributed by atoms with van der Waals surface area (Å²) in [5, 5.41) is 14.9. The summed E-state index contributed by atoms with van der Waals surface area (Å²) in [6.07, 6.45) is 2.27. The smallest absolute Gasteiger partial charge is 0.331 e. The normalized spacial score (nSPS) is 16.4. The molecule has 1 aliphatic heterocycles. The molecule has 1 aromatic carbocycles. The second kappa shape index (κ2) is 6.74. The highest BCUT2D eigenvalue weighted by Gasteiger charge is 2.37. The maximum Gasteiger partial charge on any atom is 0.331 e. The minimum absolute atomic E-state index is 0.100. The molecule has 28 heavy (non-hydrogen) atoms. The second-order valence-corrected chi connectivity index (χ2v) is 7.42. The fourth-order valence-electron chi connectivity index (χ4n) is 3.90. The molecule has 0 radical (unpaired) electrons. The molecule has 1 N–H and O–H groups in total. The lowest BCUT2D eigenvalue weighted by molar-refractivity contribution is -0.143. The van der Waals surface area contributed by atoms with E-state index < -0.39 is 12.0 Å². The summed E-state index contributed by atoms with van der Waals surface area (Å²) in [6, 6.07) is 8.24. The molecule has 0 aliphatic carbocycles. The molecule has 4 rings (SSSR count). The van der Waals surface area contributed by atoms with Gasteiger partial charge in [0, 0.05) is 18.3 Å². The van der Waals surface area contributed by atoms with Crippen LogP contribution in [0.15, 0.2) is 36.5 Å². The monoisotopic (exact) mass is 378 g/mol. The Morgan fingerprint density at radius 3 is 2.71 bits per heavy atom. The van der Waals surface area contributed by atoms with E-state index in [0.717, 1.165) is 5.56 Å². The molecular formula is C21H22N4O3. The second-order valence-electron chi connectivity index (χ2n) is 7.42. The number of benzene rings is 1. The molecule has 2 aromatic heterocycles. The Morgan fingerprint density at radius 2 is 2.00 bits per heavy atom. The fraction of sp³-hybridized carbons (Fsp3) is 0.333. The molecular weight excluding hydrogens is 356 g/mol. The van der Waals surface area contributed by atoms with Crippen LogP contribution >= 0.6 is 0 Å². The SMILES string of the molecule is Cc1cc(C(=O)N2CCc3ccccc3C2C(=O)O)c2cnn(C(C)C)c2n1. The lowest BCUT2D eigenvalue weighted by Gasteiger charge is -2.35. The van der Waals surface area contributed by atoms with Crippen LogP contribution in [0.2, 0.25) is 0 Å². The molecule has 3 heterocycles. The van der Waals surface area contributed by atoms with E-state index in [1.165, 1.54) is 4.90 Å². The number of carboxylic acids is 1. The Hall–Kier alpha value is -3.22. The summed E-state index contributed by atoms with van der Waals surface area (Å²) >= 11 is 0. The van der Waals surface area contributed by atoms with Gasteiger partial charge in [-0.25, -0.2) is 14.5 Å². The van der Waals surface area contributed by atoms with Crippen LogP contribution in [0, 0.1) is 6.92 Å². The third-order valence-electron chi connectivity index (χ3n) is 5.19. The summed E-state index contributed by atoms with van der Waals surface area (Å²) in [7, 11) is 0. The molecule has 0 spiro atoms. The number of aliphatic carboxylic acids is 1. The summed E-state index contributed by atoms with van der Waals surface area (Å²) in [6.45, 7) is 6.18. The number of aromatic nitrogens is 3. The Labute approximate surface area is 162 Å². The van der Waals surface area contributed by atoms with Crippen LogP contribution in [0.4, 0.5) is 0 Å². The number of carbonyl (C=O) groups is 2. The topological polar surface area (TPSA) is 88.3 Å². The van der Waals surface area contributed by atoms with Crippen LogP contribution in [-0.4, -0.2) is 43.2 Å². The molecule has 144 valence electrons. The van der Waals surface area contributed by atoms with Crippen molar-refractivity contribution in [2.24, 2.45) is 0 Å². The Balaban J connectivity index is 1.83. The zero-order valence-corrected chi connectivity index (χ0v) is 16.1. The maximum atomic E-state index is 13.5. The van der Waals surface area contributed by atoms with Gasteiger partial charge in [0.1, 0.15) is 0 Å². The van der Waals surface area contributed by atoms with Crippen molar-refractivity contribution in [3.05, 3.63) is 58.9 Å². The van der Waals surface area contributed by atoms with E-state index >= 15 is 0 Å². The van der Waals surface area contributed by atoms with Gasteiger partial charge in [-0.05, 0) is 44.4 Å². The molecule has 7 heteroatoms. The number of aryl methyl sites for hydroxylation is 1. The van der Waals surface area contributed by atoms with Crippen molar-refractivity contribution in [1.29, 1.82) is 0 Å². The van der Waals surface area contributed by atoms with Gasteiger partial charge in [-0.15, -0.1) is 0 Å². The maximum absolute atomic E-state index is 13.5. The first-order valence-electron chi connectivity index (χ1n) is 9.35. The third-order valence-corrected chi connectivity index (χ3v) is 5.19. The Bertz CT molecular complexity index is 1090. The average molecular weight is 378 g/mol. The fourth-order valence-corrected chi connectivity index (χ4v) is 3.90. The molecule has 7 nitrogen and oxygen atoms in total. The number of fused-ring (bicyclic) bond motifs is 2. The molecule has 0 saturated heterocycles.